The molecule has 2 rings (SSSR count). The zero-order chi connectivity index (χ0) is 11.4. The van der Waals surface area contributed by atoms with E-state index in [1.807, 2.05) is 24.3 Å². The molecule has 16 heavy (non-hydrogen) atoms. The van der Waals surface area contributed by atoms with Crippen molar-refractivity contribution in [3.63, 3.8) is 0 Å². The number of halogens is 1. The van der Waals surface area contributed by atoms with E-state index in [1.54, 1.807) is 0 Å². The van der Waals surface area contributed by atoms with E-state index in [9.17, 15) is 0 Å². The predicted octanol–water partition coefficient (Wildman–Crippen LogP) is 3.79. The molecular formula is C11H12BrN3S. The molecule has 5 heteroatoms. The normalized spacial score (nSPS) is 10.4. The molecule has 0 spiro atoms. The van der Waals surface area contributed by atoms with Crippen LogP contribution in [0.5, 0.6) is 0 Å². The van der Waals surface area contributed by atoms with Crippen LogP contribution in [0.3, 0.4) is 0 Å². The van der Waals surface area contributed by atoms with Crippen molar-refractivity contribution < 1.29 is 0 Å². The van der Waals surface area contributed by atoms with E-state index in [4.69, 9.17) is 0 Å². The summed E-state index contributed by atoms with van der Waals surface area (Å²) in [5.41, 5.74) is 1.04. The summed E-state index contributed by atoms with van der Waals surface area (Å²) >= 11 is 4.84. The quantitative estimate of drug-likeness (QED) is 0.933. The van der Waals surface area contributed by atoms with Crippen molar-refractivity contribution >= 4 is 32.6 Å². The van der Waals surface area contributed by atoms with Crippen LogP contribution < -0.4 is 5.32 Å². The monoisotopic (exact) mass is 297 g/mol. The standard InChI is InChI=1S/C11H12BrN3S/c1-2-6-13-11-14-10(15-16-11)8-4-3-5-9(12)7-8/h3-5,7H,2,6H2,1H3,(H,13,14,15). The summed E-state index contributed by atoms with van der Waals surface area (Å²) in [4.78, 5) is 4.43. The third-order valence-corrected chi connectivity index (χ3v) is 3.20. The van der Waals surface area contributed by atoms with Gasteiger partial charge in [0, 0.05) is 28.1 Å². The Morgan fingerprint density at radius 1 is 1.44 bits per heavy atom. The molecule has 2 aromatic rings. The maximum Gasteiger partial charge on any atom is 0.202 e. The van der Waals surface area contributed by atoms with Crippen molar-refractivity contribution in [3.05, 3.63) is 28.7 Å². The van der Waals surface area contributed by atoms with Crippen LogP contribution in [0.4, 0.5) is 5.13 Å². The van der Waals surface area contributed by atoms with E-state index >= 15 is 0 Å². The lowest BCUT2D eigenvalue weighted by molar-refractivity contribution is 0.976. The molecule has 0 radical (unpaired) electrons. The predicted molar refractivity (Wildman–Crippen MR) is 71.8 cm³/mol. The van der Waals surface area contributed by atoms with Crippen molar-refractivity contribution in [3.8, 4) is 11.4 Å². The molecule has 0 fully saturated rings. The van der Waals surface area contributed by atoms with E-state index in [0.717, 1.165) is 34.0 Å². The van der Waals surface area contributed by atoms with Gasteiger partial charge in [0.25, 0.3) is 0 Å². The minimum atomic E-state index is 0.782. The molecule has 0 unspecified atom stereocenters. The largest absolute Gasteiger partial charge is 0.360 e. The van der Waals surface area contributed by atoms with Gasteiger partial charge >= 0.3 is 0 Å². The lowest BCUT2D eigenvalue weighted by Crippen LogP contribution is -1.98. The lowest BCUT2D eigenvalue weighted by Gasteiger charge is -1.97. The fraction of sp³-hybridized carbons (Fsp3) is 0.273. The van der Waals surface area contributed by atoms with E-state index in [-0.39, 0.29) is 0 Å². The minimum absolute atomic E-state index is 0.782. The van der Waals surface area contributed by atoms with Gasteiger partial charge in [-0.15, -0.1) is 0 Å². The SMILES string of the molecule is CCCNc1nc(-c2cccc(Br)c2)ns1. The molecule has 1 aromatic heterocycles. The summed E-state index contributed by atoms with van der Waals surface area (Å²) in [6.45, 7) is 3.07. The summed E-state index contributed by atoms with van der Waals surface area (Å²) < 4.78 is 5.37. The Morgan fingerprint density at radius 3 is 3.06 bits per heavy atom. The molecule has 0 atom stereocenters. The number of nitrogens with zero attached hydrogens (tertiary/aromatic N) is 2. The third kappa shape index (κ3) is 2.80. The Bertz CT molecular complexity index is 470. The van der Waals surface area contributed by atoms with Crippen LogP contribution in [0.25, 0.3) is 11.4 Å². The molecule has 0 aliphatic carbocycles. The van der Waals surface area contributed by atoms with Gasteiger partial charge in [-0.3, -0.25) is 0 Å². The molecule has 1 aromatic carbocycles. The Morgan fingerprint density at radius 2 is 2.31 bits per heavy atom. The van der Waals surface area contributed by atoms with Crippen LogP contribution in [0.2, 0.25) is 0 Å². The Kier molecular flexibility index (Phi) is 3.90. The van der Waals surface area contributed by atoms with Gasteiger partial charge in [-0.25, -0.2) is 0 Å². The van der Waals surface area contributed by atoms with Crippen molar-refractivity contribution in [1.29, 1.82) is 0 Å². The molecule has 1 heterocycles. The van der Waals surface area contributed by atoms with Crippen molar-refractivity contribution in [2.45, 2.75) is 13.3 Å². The number of benzene rings is 1. The Labute approximate surface area is 107 Å². The number of hydrogen-bond donors (Lipinski definition) is 1. The molecule has 0 saturated heterocycles. The van der Waals surface area contributed by atoms with E-state index in [2.05, 4.69) is 37.5 Å². The molecule has 0 amide bonds. The minimum Gasteiger partial charge on any atom is -0.360 e. The van der Waals surface area contributed by atoms with Gasteiger partial charge in [-0.2, -0.15) is 9.36 Å². The lowest BCUT2D eigenvalue weighted by atomic mass is 10.2. The second kappa shape index (κ2) is 5.41. The highest BCUT2D eigenvalue weighted by Crippen LogP contribution is 2.23. The molecule has 0 bridgehead atoms. The average molecular weight is 298 g/mol. The van der Waals surface area contributed by atoms with Gasteiger partial charge in [0.15, 0.2) is 5.82 Å². The molecule has 0 aliphatic heterocycles. The van der Waals surface area contributed by atoms with Gasteiger partial charge in [-0.05, 0) is 18.6 Å². The van der Waals surface area contributed by atoms with Crippen LogP contribution in [-0.4, -0.2) is 15.9 Å². The van der Waals surface area contributed by atoms with E-state index in [1.165, 1.54) is 11.5 Å². The van der Waals surface area contributed by atoms with Gasteiger partial charge in [0.05, 0.1) is 0 Å². The Balaban J connectivity index is 2.18. The summed E-state index contributed by atoms with van der Waals surface area (Å²) in [6, 6.07) is 8.01. The molecule has 3 nitrogen and oxygen atoms in total. The van der Waals surface area contributed by atoms with E-state index < -0.39 is 0 Å². The fourth-order valence-corrected chi connectivity index (χ4v) is 2.28. The van der Waals surface area contributed by atoms with Gasteiger partial charge in [0.1, 0.15) is 0 Å². The zero-order valence-corrected chi connectivity index (χ0v) is 11.3. The van der Waals surface area contributed by atoms with Crippen LogP contribution in [0.15, 0.2) is 28.7 Å². The third-order valence-electron chi connectivity index (χ3n) is 2.04. The van der Waals surface area contributed by atoms with Crippen molar-refractivity contribution in [2.24, 2.45) is 0 Å². The summed E-state index contributed by atoms with van der Waals surface area (Å²) in [5.74, 6) is 0.782. The van der Waals surface area contributed by atoms with Crippen molar-refractivity contribution in [1.82, 2.24) is 9.36 Å². The smallest absolute Gasteiger partial charge is 0.202 e. The number of rotatable bonds is 4. The average Bonchev–Trinajstić information content (AvgIpc) is 2.75. The number of hydrogen-bond acceptors (Lipinski definition) is 4. The molecule has 0 aliphatic rings. The van der Waals surface area contributed by atoms with Gasteiger partial charge in [-0.1, -0.05) is 35.0 Å². The topological polar surface area (TPSA) is 37.8 Å². The van der Waals surface area contributed by atoms with Gasteiger partial charge in [0.2, 0.25) is 5.13 Å². The fourth-order valence-electron chi connectivity index (χ4n) is 1.27. The summed E-state index contributed by atoms with van der Waals surface area (Å²) in [7, 11) is 0. The maximum absolute atomic E-state index is 4.43. The highest BCUT2D eigenvalue weighted by molar-refractivity contribution is 9.10. The second-order valence-electron chi connectivity index (χ2n) is 3.36. The second-order valence-corrected chi connectivity index (χ2v) is 5.03. The highest BCUT2D eigenvalue weighted by atomic mass is 79.9. The van der Waals surface area contributed by atoms with E-state index in [0.29, 0.717) is 0 Å². The number of aromatic nitrogens is 2. The molecule has 0 saturated carbocycles. The molecule has 84 valence electrons. The van der Waals surface area contributed by atoms with Crippen LogP contribution in [0, 0.1) is 0 Å². The first-order valence-electron chi connectivity index (χ1n) is 5.13. The van der Waals surface area contributed by atoms with Crippen molar-refractivity contribution in [2.75, 3.05) is 11.9 Å². The van der Waals surface area contributed by atoms with Crippen LogP contribution in [0.1, 0.15) is 13.3 Å². The maximum atomic E-state index is 4.43. The molecular weight excluding hydrogens is 286 g/mol. The summed E-state index contributed by atoms with van der Waals surface area (Å²) in [5, 5.41) is 4.12. The first-order chi connectivity index (χ1) is 7.79. The Hall–Kier alpha value is -0.940. The first-order valence-corrected chi connectivity index (χ1v) is 6.69. The first kappa shape index (κ1) is 11.5. The number of anilines is 1. The highest BCUT2D eigenvalue weighted by Gasteiger charge is 2.05. The zero-order valence-electron chi connectivity index (χ0n) is 8.90. The molecule has 1 N–H and O–H groups in total. The number of nitrogens with one attached hydrogen (secondary N) is 1. The van der Waals surface area contributed by atoms with Crippen LogP contribution >= 0.6 is 27.5 Å². The van der Waals surface area contributed by atoms with Gasteiger partial charge < -0.3 is 5.32 Å². The van der Waals surface area contributed by atoms with Crippen LogP contribution in [-0.2, 0) is 0 Å². The summed E-state index contributed by atoms with van der Waals surface area (Å²) in [6.07, 6.45) is 1.09.